The third-order valence-corrected chi connectivity index (χ3v) is 7.21. The van der Waals surface area contributed by atoms with Crippen LogP contribution in [0.25, 0.3) is 11.3 Å². The number of fused-ring (bicyclic) bond motifs is 2. The van der Waals surface area contributed by atoms with Crippen molar-refractivity contribution in [1.29, 1.82) is 0 Å². The predicted octanol–water partition coefficient (Wildman–Crippen LogP) is 5.13. The summed E-state index contributed by atoms with van der Waals surface area (Å²) in [6.07, 6.45) is -4.19. The van der Waals surface area contributed by atoms with E-state index in [2.05, 4.69) is 4.98 Å². The molecule has 2 aliphatic rings. The first kappa shape index (κ1) is 27.2. The Morgan fingerprint density at radius 2 is 1.85 bits per heavy atom. The highest BCUT2D eigenvalue weighted by molar-refractivity contribution is 6.06. The zero-order valence-electron chi connectivity index (χ0n) is 21.0. The molecule has 1 aromatic heterocycles. The Labute approximate surface area is 225 Å². The fraction of sp³-hybridized carbons (Fsp3) is 0.286. The molecule has 5 rings (SSSR count). The summed E-state index contributed by atoms with van der Waals surface area (Å²) in [5.41, 5.74) is 0.00459. The number of ether oxygens (including phenoxy) is 1. The van der Waals surface area contributed by atoms with E-state index < -0.39 is 60.5 Å². The van der Waals surface area contributed by atoms with Gasteiger partial charge in [0.25, 0.3) is 5.91 Å². The molecule has 3 aromatic rings. The van der Waals surface area contributed by atoms with Crippen LogP contribution in [0.3, 0.4) is 0 Å². The van der Waals surface area contributed by atoms with E-state index in [1.165, 1.54) is 42.6 Å². The number of halogens is 5. The van der Waals surface area contributed by atoms with Gasteiger partial charge in [-0.2, -0.15) is 13.2 Å². The van der Waals surface area contributed by atoms with E-state index in [4.69, 9.17) is 4.74 Å². The van der Waals surface area contributed by atoms with Crippen molar-refractivity contribution in [1.82, 2.24) is 14.8 Å². The molecule has 0 N–H and O–H groups in total. The summed E-state index contributed by atoms with van der Waals surface area (Å²) in [5, 5.41) is 0. The van der Waals surface area contributed by atoms with Gasteiger partial charge in [-0.05, 0) is 54.8 Å². The molecular weight excluding hydrogens is 537 g/mol. The van der Waals surface area contributed by atoms with Gasteiger partial charge in [0, 0.05) is 30.3 Å². The van der Waals surface area contributed by atoms with Crippen LogP contribution in [0.5, 0.6) is 0 Å². The molecule has 40 heavy (non-hydrogen) atoms. The Morgan fingerprint density at radius 1 is 1.12 bits per heavy atom. The van der Waals surface area contributed by atoms with Gasteiger partial charge in [-0.25, -0.2) is 18.5 Å². The van der Waals surface area contributed by atoms with E-state index in [0.717, 1.165) is 19.1 Å². The van der Waals surface area contributed by atoms with Gasteiger partial charge in [0.05, 0.1) is 0 Å². The molecule has 1 spiro atoms. The highest BCUT2D eigenvalue weighted by Gasteiger charge is 2.58. The van der Waals surface area contributed by atoms with Gasteiger partial charge < -0.3 is 9.64 Å². The monoisotopic (exact) mass is 559 g/mol. The van der Waals surface area contributed by atoms with E-state index in [9.17, 15) is 36.3 Å². The molecule has 1 fully saturated rings. The molecule has 7 nitrogen and oxygen atoms in total. The van der Waals surface area contributed by atoms with Crippen molar-refractivity contribution in [2.45, 2.75) is 44.1 Å². The van der Waals surface area contributed by atoms with Gasteiger partial charge in [0.15, 0.2) is 0 Å². The number of rotatable bonds is 6. The van der Waals surface area contributed by atoms with Crippen LogP contribution < -0.4 is 0 Å². The van der Waals surface area contributed by atoms with Crippen molar-refractivity contribution < 1.29 is 41.1 Å². The number of aryl methyl sites for hydroxylation is 1. The number of amides is 3. The largest absolute Gasteiger partial charge is 0.427 e. The summed E-state index contributed by atoms with van der Waals surface area (Å²) in [4.78, 5) is 44.5. The summed E-state index contributed by atoms with van der Waals surface area (Å²) in [6, 6.07) is 9.71. The lowest BCUT2D eigenvalue weighted by molar-refractivity contribution is -0.187. The molecule has 12 heteroatoms. The Hall–Kier alpha value is -4.35. The Bertz CT molecular complexity index is 1490. The minimum atomic E-state index is -4.80. The van der Waals surface area contributed by atoms with Crippen molar-refractivity contribution in [3.8, 4) is 11.3 Å². The van der Waals surface area contributed by atoms with Crippen LogP contribution in [0.15, 0.2) is 60.8 Å². The topological polar surface area (TPSA) is 79.8 Å². The lowest BCUT2D eigenvalue weighted by Crippen LogP contribution is -2.51. The number of aromatic nitrogens is 1. The zero-order valence-corrected chi connectivity index (χ0v) is 21.0. The summed E-state index contributed by atoms with van der Waals surface area (Å²) in [5.74, 6) is -3.16. The maximum Gasteiger partial charge on any atom is 0.418 e. The second-order valence-corrected chi connectivity index (χ2v) is 9.66. The smallest absolute Gasteiger partial charge is 0.418 e. The summed E-state index contributed by atoms with van der Waals surface area (Å²) < 4.78 is 73.9. The van der Waals surface area contributed by atoms with Gasteiger partial charge in [-0.1, -0.05) is 24.3 Å². The van der Waals surface area contributed by atoms with E-state index in [-0.39, 0.29) is 17.7 Å². The lowest BCUT2D eigenvalue weighted by atomic mass is 9.93. The van der Waals surface area contributed by atoms with Crippen molar-refractivity contribution in [2.24, 2.45) is 0 Å². The van der Waals surface area contributed by atoms with Crippen molar-refractivity contribution >= 4 is 17.9 Å². The van der Waals surface area contributed by atoms with Crippen LogP contribution >= 0.6 is 0 Å². The lowest BCUT2D eigenvalue weighted by Gasteiger charge is -2.31. The van der Waals surface area contributed by atoms with Crippen LogP contribution in [-0.2, 0) is 32.9 Å². The number of nitrogens with zero attached hydrogens (tertiary/aromatic N) is 3. The second-order valence-electron chi connectivity index (χ2n) is 9.66. The van der Waals surface area contributed by atoms with Gasteiger partial charge in [-0.15, -0.1) is 0 Å². The number of carbonyl (C=O) groups is 3. The molecule has 0 saturated carbocycles. The van der Waals surface area contributed by atoms with Crippen molar-refractivity contribution in [3.63, 3.8) is 0 Å². The Kier molecular flexibility index (Phi) is 6.80. The average molecular weight is 559 g/mol. The highest BCUT2D eigenvalue weighted by Crippen LogP contribution is 2.46. The molecule has 2 heterocycles. The third-order valence-electron chi connectivity index (χ3n) is 7.21. The molecule has 1 aliphatic heterocycles. The van der Waals surface area contributed by atoms with Crippen LogP contribution in [0.1, 0.15) is 30.0 Å². The number of alkyl halides is 3. The standard InChI is InChI=1S/C28H22F5N3O4/c1-16(28(31,32)33)35(14-17-4-7-20(29)8-5-17)23(37)15-36-25(38)27(40-26(36)39)11-10-18-13-19(6-9-21(18)27)24-22(30)3-2-12-34-24/h2-9,12-13,16H,10-11,14-15H2,1H3/t16-,27+/m0/s1. The SMILES string of the molecule is C[C@H](N(Cc1ccc(F)cc1)C(=O)CN1C(=O)O[C@@]2(CCc3cc(-c4ncccc4F)ccc32)C1=O)C(F)(F)F. The maximum absolute atomic E-state index is 14.2. The number of carbonyl (C=O) groups excluding carboxylic acids is 3. The first-order chi connectivity index (χ1) is 18.9. The summed E-state index contributed by atoms with van der Waals surface area (Å²) >= 11 is 0. The van der Waals surface area contributed by atoms with E-state index in [1.807, 2.05) is 0 Å². The molecule has 3 amide bonds. The van der Waals surface area contributed by atoms with Crippen LogP contribution in [0, 0.1) is 11.6 Å². The zero-order chi connectivity index (χ0) is 28.8. The van der Waals surface area contributed by atoms with Crippen LogP contribution in [0.2, 0.25) is 0 Å². The maximum atomic E-state index is 14.2. The molecule has 0 radical (unpaired) electrons. The van der Waals surface area contributed by atoms with E-state index in [1.54, 1.807) is 6.07 Å². The normalized spacial score (nSPS) is 19.1. The first-order valence-electron chi connectivity index (χ1n) is 12.3. The van der Waals surface area contributed by atoms with Gasteiger partial charge in [0.1, 0.15) is 29.9 Å². The number of benzene rings is 2. The van der Waals surface area contributed by atoms with Gasteiger partial charge >= 0.3 is 12.3 Å². The molecule has 2 aromatic carbocycles. The first-order valence-corrected chi connectivity index (χ1v) is 12.3. The third kappa shape index (κ3) is 4.78. The average Bonchev–Trinajstić information content (AvgIpc) is 3.39. The minimum absolute atomic E-state index is 0.0456. The second kappa shape index (κ2) is 10.00. The summed E-state index contributed by atoms with van der Waals surface area (Å²) in [7, 11) is 0. The van der Waals surface area contributed by atoms with Crippen LogP contribution in [0.4, 0.5) is 26.7 Å². The number of pyridine rings is 1. The number of hydrogen-bond acceptors (Lipinski definition) is 5. The predicted molar refractivity (Wildman–Crippen MR) is 130 cm³/mol. The fourth-order valence-electron chi connectivity index (χ4n) is 5.03. The van der Waals surface area contributed by atoms with Gasteiger partial charge in [0.2, 0.25) is 11.5 Å². The minimum Gasteiger partial charge on any atom is -0.427 e. The molecular formula is C28H22F5N3O4. The fourth-order valence-corrected chi connectivity index (χ4v) is 5.03. The molecule has 1 saturated heterocycles. The van der Waals surface area contributed by atoms with Gasteiger partial charge in [-0.3, -0.25) is 14.6 Å². The molecule has 2 atom stereocenters. The number of imide groups is 1. The molecule has 0 bridgehead atoms. The molecule has 1 aliphatic carbocycles. The molecule has 208 valence electrons. The quantitative estimate of drug-likeness (QED) is 0.392. The van der Waals surface area contributed by atoms with E-state index in [0.29, 0.717) is 32.9 Å². The molecule has 0 unspecified atom stereocenters. The summed E-state index contributed by atoms with van der Waals surface area (Å²) in [6.45, 7) is -0.729. The van der Waals surface area contributed by atoms with E-state index >= 15 is 0 Å². The van der Waals surface area contributed by atoms with Crippen LogP contribution in [-0.4, -0.2) is 51.5 Å². The van der Waals surface area contributed by atoms with Crippen molar-refractivity contribution in [2.75, 3.05) is 6.54 Å². The Balaban J connectivity index is 1.39. The highest BCUT2D eigenvalue weighted by atomic mass is 19.4. The number of hydrogen-bond donors (Lipinski definition) is 0. The Morgan fingerprint density at radius 3 is 2.52 bits per heavy atom. The van der Waals surface area contributed by atoms with Crippen molar-refractivity contribution in [3.05, 3.63) is 89.1 Å².